The molecule has 7 heteroatoms. The summed E-state index contributed by atoms with van der Waals surface area (Å²) in [5, 5.41) is 0.836. The molecular formula is C26H23N5OS. The van der Waals surface area contributed by atoms with Gasteiger partial charge < -0.3 is 15.2 Å². The predicted molar refractivity (Wildman–Crippen MR) is 130 cm³/mol. The maximum Gasteiger partial charge on any atom is 0.254 e. The molecule has 6 nitrogen and oxygen atoms in total. The number of amides is 1. The van der Waals surface area contributed by atoms with Crippen molar-refractivity contribution in [3.05, 3.63) is 70.1 Å². The first-order chi connectivity index (χ1) is 17.0. The van der Waals surface area contributed by atoms with E-state index in [1.165, 1.54) is 11.3 Å². The summed E-state index contributed by atoms with van der Waals surface area (Å²) in [6.07, 6.45) is 8.05. The molecule has 0 unspecified atom stereocenters. The van der Waals surface area contributed by atoms with Crippen LogP contribution < -0.4 is 5.73 Å². The molecule has 2 aromatic carbocycles. The van der Waals surface area contributed by atoms with Gasteiger partial charge in [0.15, 0.2) is 0 Å². The average Bonchev–Trinajstić information content (AvgIpc) is 3.50. The average molecular weight is 457 g/mol. The molecule has 2 aliphatic heterocycles. The zero-order valence-corrected chi connectivity index (χ0v) is 19.0. The highest BCUT2D eigenvalue weighted by atomic mass is 32.1. The summed E-state index contributed by atoms with van der Waals surface area (Å²) in [7, 11) is 0. The lowest BCUT2D eigenvalue weighted by Crippen LogP contribution is -2.30. The highest BCUT2D eigenvalue weighted by molar-refractivity contribution is 7.15. The molecule has 6 rings (SSSR count). The van der Waals surface area contributed by atoms with E-state index in [1.807, 2.05) is 38.2 Å². The number of rotatable bonds is 2. The van der Waals surface area contributed by atoms with Crippen molar-refractivity contribution in [1.82, 2.24) is 19.4 Å². The van der Waals surface area contributed by atoms with Crippen molar-refractivity contribution < 1.29 is 8.91 Å². The lowest BCUT2D eigenvalue weighted by atomic mass is 9.93. The van der Waals surface area contributed by atoms with Gasteiger partial charge in [0.05, 0.1) is 33.5 Å². The van der Waals surface area contributed by atoms with Gasteiger partial charge in [0, 0.05) is 40.4 Å². The highest BCUT2D eigenvalue weighted by Gasteiger charge is 2.44. The third kappa shape index (κ3) is 2.81. The van der Waals surface area contributed by atoms with Crippen molar-refractivity contribution in [3.63, 3.8) is 0 Å². The van der Waals surface area contributed by atoms with Gasteiger partial charge >= 0.3 is 0 Å². The van der Waals surface area contributed by atoms with E-state index in [0.29, 0.717) is 28.9 Å². The highest BCUT2D eigenvalue weighted by Crippen LogP contribution is 2.48. The number of terminal acetylenes is 1. The molecule has 33 heavy (non-hydrogen) atoms. The lowest BCUT2D eigenvalue weighted by molar-refractivity contribution is 0.0734. The Kier molecular flexibility index (Phi) is 3.50. The first kappa shape index (κ1) is 17.1. The molecule has 0 fully saturated rings. The van der Waals surface area contributed by atoms with Crippen LogP contribution in [0.25, 0.3) is 21.5 Å². The van der Waals surface area contributed by atoms with E-state index in [9.17, 15) is 4.79 Å². The molecular weight excluding hydrogens is 430 g/mol. The molecule has 4 heterocycles. The van der Waals surface area contributed by atoms with Gasteiger partial charge in [-0.2, -0.15) is 0 Å². The molecule has 4 aromatic rings. The van der Waals surface area contributed by atoms with Gasteiger partial charge in [0.1, 0.15) is 10.8 Å². The van der Waals surface area contributed by atoms with Gasteiger partial charge in [-0.15, -0.1) is 17.8 Å². The van der Waals surface area contributed by atoms with Crippen LogP contribution >= 0.6 is 11.3 Å². The van der Waals surface area contributed by atoms with Gasteiger partial charge in [-0.1, -0.05) is 18.1 Å². The van der Waals surface area contributed by atoms with Gasteiger partial charge in [-0.05, 0) is 43.7 Å². The normalized spacial score (nSPS) is 21.1. The molecule has 2 N–H and O–H groups in total. The predicted octanol–water partition coefficient (Wildman–Crippen LogP) is 4.45. The molecule has 0 radical (unpaired) electrons. The second-order valence-corrected chi connectivity index (χ2v) is 10.2. The standard InChI is InChI=1S/C26H23N5OS/c1-5-14-7-6-8-16-22(14)19-12-20(30(4)24(16)32)23-29-17-10-9-15(11-18(17)31(19)23)21-13-28-25(33-21)26(2,3)27/h1,6-11,13,19-20H,12,27H2,2-4H3/t19-,20-/m1/s1/i4D3. The molecule has 0 spiro atoms. The number of carbonyl (C=O) groups is 1. The third-order valence-corrected chi connectivity index (χ3v) is 7.86. The van der Waals surface area contributed by atoms with E-state index < -0.39 is 24.5 Å². The summed E-state index contributed by atoms with van der Waals surface area (Å²) in [5.74, 6) is 2.71. The zero-order valence-electron chi connectivity index (χ0n) is 21.2. The molecule has 1 amide bonds. The van der Waals surface area contributed by atoms with Crippen LogP contribution in [0.5, 0.6) is 0 Å². The van der Waals surface area contributed by atoms with Crippen molar-refractivity contribution in [3.8, 4) is 22.8 Å². The van der Waals surface area contributed by atoms with Crippen LogP contribution in [0.15, 0.2) is 42.6 Å². The number of carbonyl (C=O) groups excluding carboxylic acids is 1. The maximum atomic E-state index is 13.5. The van der Waals surface area contributed by atoms with E-state index in [2.05, 4.69) is 15.5 Å². The van der Waals surface area contributed by atoms with Crippen LogP contribution in [0.3, 0.4) is 0 Å². The Morgan fingerprint density at radius 3 is 2.88 bits per heavy atom. The molecule has 0 saturated carbocycles. The number of hydrogen-bond acceptors (Lipinski definition) is 5. The Morgan fingerprint density at radius 2 is 2.15 bits per heavy atom. The van der Waals surface area contributed by atoms with Gasteiger partial charge in [0.2, 0.25) is 0 Å². The fourth-order valence-corrected chi connectivity index (χ4v) is 5.86. The molecule has 2 aromatic heterocycles. The molecule has 164 valence electrons. The van der Waals surface area contributed by atoms with Crippen LogP contribution in [-0.2, 0) is 5.54 Å². The van der Waals surface area contributed by atoms with Gasteiger partial charge in [-0.3, -0.25) is 4.79 Å². The monoisotopic (exact) mass is 456 g/mol. The number of aromatic nitrogens is 3. The first-order valence-corrected chi connectivity index (χ1v) is 11.5. The number of fused-ring (bicyclic) bond motifs is 9. The van der Waals surface area contributed by atoms with Crippen LogP contribution in [0.2, 0.25) is 0 Å². The van der Waals surface area contributed by atoms with Crippen LogP contribution in [0, 0.1) is 12.3 Å². The first-order valence-electron chi connectivity index (χ1n) is 12.2. The van der Waals surface area contributed by atoms with Crippen molar-refractivity contribution >= 4 is 28.3 Å². The SMILES string of the molecule is [2H]C([2H])([2H])N1C(=O)c2cccc(C#C)c2[C@H]2C[C@@H]1c1nc3ccc(-c4cnc(C(C)(C)N)s4)cc3n12. The zero-order chi connectivity index (χ0) is 25.6. The topological polar surface area (TPSA) is 77.0 Å². The minimum atomic E-state index is -2.63. The Balaban J connectivity index is 1.60. The van der Waals surface area contributed by atoms with E-state index >= 15 is 0 Å². The Hall–Kier alpha value is -3.47. The number of hydrogen-bond donors (Lipinski definition) is 1. The van der Waals surface area contributed by atoms with E-state index in [0.717, 1.165) is 31.4 Å². The van der Waals surface area contributed by atoms with E-state index in [-0.39, 0.29) is 6.04 Å². The smallest absolute Gasteiger partial charge is 0.254 e. The second kappa shape index (κ2) is 6.77. The summed E-state index contributed by atoms with van der Waals surface area (Å²) < 4.78 is 26.6. The van der Waals surface area contributed by atoms with Gasteiger partial charge in [0.25, 0.3) is 5.91 Å². The third-order valence-electron chi connectivity index (χ3n) is 6.47. The number of nitrogens with zero attached hydrogens (tertiary/aromatic N) is 4. The van der Waals surface area contributed by atoms with Crippen molar-refractivity contribution in [1.29, 1.82) is 0 Å². The van der Waals surface area contributed by atoms with Crippen molar-refractivity contribution in [2.75, 3.05) is 6.98 Å². The van der Waals surface area contributed by atoms with Crippen LogP contribution in [0.1, 0.15) is 68.8 Å². The van der Waals surface area contributed by atoms with Gasteiger partial charge in [-0.25, -0.2) is 9.97 Å². The number of imidazole rings is 1. The fourth-order valence-electron chi connectivity index (χ4n) is 4.93. The summed E-state index contributed by atoms with van der Waals surface area (Å²) >= 11 is 1.54. The summed E-state index contributed by atoms with van der Waals surface area (Å²) in [4.78, 5) is 24.8. The minimum absolute atomic E-state index is 0.316. The summed E-state index contributed by atoms with van der Waals surface area (Å²) in [5.41, 5.74) is 9.84. The Morgan fingerprint density at radius 1 is 1.30 bits per heavy atom. The molecule has 2 bridgehead atoms. The van der Waals surface area contributed by atoms with E-state index in [4.69, 9.17) is 21.3 Å². The van der Waals surface area contributed by atoms with Crippen LogP contribution in [0.4, 0.5) is 0 Å². The van der Waals surface area contributed by atoms with Crippen LogP contribution in [-0.4, -0.2) is 32.3 Å². The lowest BCUT2D eigenvalue weighted by Gasteiger charge is -2.24. The summed E-state index contributed by atoms with van der Waals surface area (Å²) in [6, 6.07) is 10.1. The quantitative estimate of drug-likeness (QED) is 0.452. The number of nitrogens with two attached hydrogens (primary N) is 1. The fraction of sp³-hybridized carbons (Fsp3) is 0.269. The second-order valence-electron chi connectivity index (χ2n) is 9.15. The van der Waals surface area contributed by atoms with Crippen molar-refractivity contribution in [2.24, 2.45) is 5.73 Å². The number of thiazole rings is 1. The number of benzene rings is 2. The van der Waals surface area contributed by atoms with E-state index in [1.54, 1.807) is 18.2 Å². The molecule has 0 aliphatic carbocycles. The molecule has 2 atom stereocenters. The van der Waals surface area contributed by atoms with Crippen molar-refractivity contribution in [2.45, 2.75) is 37.9 Å². The molecule has 2 aliphatic rings. The maximum absolute atomic E-state index is 13.5. The summed E-state index contributed by atoms with van der Waals surface area (Å²) in [6.45, 7) is 1.21. The Bertz CT molecular complexity index is 1600. The minimum Gasteiger partial charge on any atom is -0.331 e. The largest absolute Gasteiger partial charge is 0.331 e. The Labute approximate surface area is 200 Å². The molecule has 0 saturated heterocycles.